The van der Waals surface area contributed by atoms with Crippen LogP contribution in [0.5, 0.6) is 0 Å². The van der Waals surface area contributed by atoms with Crippen molar-refractivity contribution in [3.8, 4) is 0 Å². The van der Waals surface area contributed by atoms with E-state index in [1.54, 1.807) is 16.4 Å². The average molecular weight is 311 g/mol. The molecule has 6 heteroatoms. The average Bonchev–Trinajstić information content (AvgIpc) is 2.76. The molecule has 0 radical (unpaired) electrons. The van der Waals surface area contributed by atoms with Gasteiger partial charge in [-0.1, -0.05) is 6.92 Å². The van der Waals surface area contributed by atoms with E-state index in [1.807, 2.05) is 27.9 Å². The second kappa shape index (κ2) is 5.59. The Morgan fingerprint density at radius 3 is 2.29 bits per heavy atom. The van der Waals surface area contributed by atoms with E-state index in [4.69, 9.17) is 5.73 Å². The molecule has 2 N–H and O–H groups in total. The zero-order chi connectivity index (χ0) is 15.9. The van der Waals surface area contributed by atoms with Gasteiger partial charge < -0.3 is 10.6 Å². The monoisotopic (exact) mass is 311 g/mol. The van der Waals surface area contributed by atoms with Crippen molar-refractivity contribution in [3.63, 3.8) is 0 Å². The standard InChI is InChI=1S/C15H25N3O2S/c1-10-6-13(16)15(7-11(10)2)21(19,20)18-8-12(3)14(9-18)17(4)5/h6-7,12,14H,8-9,16H2,1-5H3. The molecule has 0 aliphatic carbocycles. The summed E-state index contributed by atoms with van der Waals surface area (Å²) in [7, 11) is 0.449. The SMILES string of the molecule is Cc1cc(N)c(S(=O)(=O)N2CC(C)C(N(C)C)C2)cc1C. The molecular weight excluding hydrogens is 286 g/mol. The predicted molar refractivity (Wildman–Crippen MR) is 85.7 cm³/mol. The molecule has 1 saturated heterocycles. The molecule has 1 heterocycles. The number of hydrogen-bond acceptors (Lipinski definition) is 4. The Kier molecular flexibility index (Phi) is 4.33. The Bertz CT molecular complexity index is 641. The molecule has 0 aromatic heterocycles. The van der Waals surface area contributed by atoms with Crippen molar-refractivity contribution in [3.05, 3.63) is 23.3 Å². The van der Waals surface area contributed by atoms with Crippen molar-refractivity contribution in [2.24, 2.45) is 5.92 Å². The van der Waals surface area contributed by atoms with Gasteiger partial charge in [-0.25, -0.2) is 8.42 Å². The maximum Gasteiger partial charge on any atom is 0.245 e. The van der Waals surface area contributed by atoms with E-state index in [1.165, 1.54) is 0 Å². The van der Waals surface area contributed by atoms with Crippen molar-refractivity contribution < 1.29 is 8.42 Å². The van der Waals surface area contributed by atoms with Crippen LogP contribution in [0.1, 0.15) is 18.1 Å². The summed E-state index contributed by atoms with van der Waals surface area (Å²) in [6.45, 7) is 6.98. The lowest BCUT2D eigenvalue weighted by atomic mass is 10.1. The van der Waals surface area contributed by atoms with E-state index >= 15 is 0 Å². The fraction of sp³-hybridized carbons (Fsp3) is 0.600. The molecule has 5 nitrogen and oxygen atoms in total. The summed E-state index contributed by atoms with van der Waals surface area (Å²) in [5.74, 6) is 0.308. The zero-order valence-electron chi connectivity index (χ0n) is 13.4. The van der Waals surface area contributed by atoms with Gasteiger partial charge in [0.1, 0.15) is 4.90 Å². The van der Waals surface area contributed by atoms with Gasteiger partial charge in [-0.05, 0) is 57.1 Å². The Balaban J connectivity index is 2.38. The van der Waals surface area contributed by atoms with Crippen LogP contribution in [-0.2, 0) is 10.0 Å². The molecule has 1 aliphatic heterocycles. The van der Waals surface area contributed by atoms with Gasteiger partial charge in [0.05, 0.1) is 5.69 Å². The molecule has 21 heavy (non-hydrogen) atoms. The van der Waals surface area contributed by atoms with Crippen LogP contribution >= 0.6 is 0 Å². The maximum atomic E-state index is 12.9. The first-order valence-corrected chi connectivity index (χ1v) is 8.62. The van der Waals surface area contributed by atoms with Gasteiger partial charge in [0.2, 0.25) is 10.0 Å². The van der Waals surface area contributed by atoms with Gasteiger partial charge in [-0.15, -0.1) is 0 Å². The number of nitrogens with zero attached hydrogens (tertiary/aromatic N) is 2. The largest absolute Gasteiger partial charge is 0.398 e. The number of nitrogen functional groups attached to an aromatic ring is 1. The highest BCUT2D eigenvalue weighted by molar-refractivity contribution is 7.89. The minimum Gasteiger partial charge on any atom is -0.398 e. The highest BCUT2D eigenvalue weighted by Gasteiger charge is 2.38. The van der Waals surface area contributed by atoms with Crippen LogP contribution in [0.2, 0.25) is 0 Å². The van der Waals surface area contributed by atoms with E-state index in [2.05, 4.69) is 11.8 Å². The lowest BCUT2D eigenvalue weighted by molar-refractivity contribution is 0.263. The number of sulfonamides is 1. The molecule has 1 aromatic carbocycles. The molecule has 1 fully saturated rings. The minimum absolute atomic E-state index is 0.234. The number of rotatable bonds is 3. The molecule has 0 saturated carbocycles. The summed E-state index contributed by atoms with van der Waals surface area (Å²) in [6.07, 6.45) is 0. The number of nitrogens with two attached hydrogens (primary N) is 1. The third kappa shape index (κ3) is 2.93. The minimum atomic E-state index is -3.53. The van der Waals surface area contributed by atoms with Gasteiger partial charge in [0, 0.05) is 19.1 Å². The lowest BCUT2D eigenvalue weighted by Crippen LogP contribution is -2.36. The Morgan fingerprint density at radius 2 is 1.76 bits per heavy atom. The fourth-order valence-corrected chi connectivity index (χ4v) is 4.69. The summed E-state index contributed by atoms with van der Waals surface area (Å²) in [5, 5.41) is 0. The quantitative estimate of drug-likeness (QED) is 0.858. The fourth-order valence-electron chi connectivity index (χ4n) is 2.95. The third-order valence-corrected chi connectivity index (χ3v) is 6.33. The van der Waals surface area contributed by atoms with Gasteiger partial charge in [0.25, 0.3) is 0 Å². The van der Waals surface area contributed by atoms with Crippen LogP contribution in [0, 0.1) is 19.8 Å². The first-order valence-electron chi connectivity index (χ1n) is 7.18. The van der Waals surface area contributed by atoms with E-state index in [-0.39, 0.29) is 10.9 Å². The third-order valence-electron chi connectivity index (χ3n) is 4.45. The van der Waals surface area contributed by atoms with Crippen molar-refractivity contribution >= 4 is 15.7 Å². The van der Waals surface area contributed by atoms with Gasteiger partial charge >= 0.3 is 0 Å². The molecule has 1 aromatic rings. The topological polar surface area (TPSA) is 66.6 Å². The normalized spacial score (nSPS) is 23.9. The molecule has 2 rings (SSSR count). The van der Waals surface area contributed by atoms with Crippen LogP contribution < -0.4 is 5.73 Å². The van der Waals surface area contributed by atoms with Crippen LogP contribution in [0.4, 0.5) is 5.69 Å². The first-order chi connectivity index (χ1) is 9.64. The van der Waals surface area contributed by atoms with Crippen molar-refractivity contribution in [2.45, 2.75) is 31.7 Å². The van der Waals surface area contributed by atoms with Crippen LogP contribution in [0.25, 0.3) is 0 Å². The van der Waals surface area contributed by atoms with Gasteiger partial charge in [0.15, 0.2) is 0 Å². The molecule has 2 unspecified atom stereocenters. The predicted octanol–water partition coefficient (Wildman–Crippen LogP) is 1.46. The van der Waals surface area contributed by atoms with Crippen molar-refractivity contribution in [1.82, 2.24) is 9.21 Å². The maximum absolute atomic E-state index is 12.9. The molecule has 0 bridgehead atoms. The van der Waals surface area contributed by atoms with Crippen LogP contribution in [0.3, 0.4) is 0 Å². The molecule has 2 atom stereocenters. The number of benzene rings is 1. The summed E-state index contributed by atoms with van der Waals surface area (Å²) in [5.41, 5.74) is 8.24. The second-order valence-corrected chi connectivity index (χ2v) is 8.21. The number of hydrogen-bond donors (Lipinski definition) is 1. The van der Waals surface area contributed by atoms with Crippen LogP contribution in [-0.4, -0.2) is 50.8 Å². The first kappa shape index (κ1) is 16.3. The van der Waals surface area contributed by atoms with Gasteiger partial charge in [-0.3, -0.25) is 0 Å². The second-order valence-electron chi connectivity index (χ2n) is 6.30. The van der Waals surface area contributed by atoms with Gasteiger partial charge in [-0.2, -0.15) is 4.31 Å². The number of likely N-dealkylation sites (N-methyl/N-ethyl adjacent to an activating group) is 1. The van der Waals surface area contributed by atoms with Crippen molar-refractivity contribution in [2.75, 3.05) is 32.9 Å². The van der Waals surface area contributed by atoms with E-state index < -0.39 is 10.0 Å². The summed E-state index contributed by atoms with van der Waals surface area (Å²) in [4.78, 5) is 2.32. The smallest absolute Gasteiger partial charge is 0.245 e. The van der Waals surface area contributed by atoms with Crippen molar-refractivity contribution in [1.29, 1.82) is 0 Å². The molecule has 0 spiro atoms. The van der Waals surface area contributed by atoms with E-state index in [0.717, 1.165) is 11.1 Å². The highest BCUT2D eigenvalue weighted by atomic mass is 32.2. The van der Waals surface area contributed by atoms with Crippen LogP contribution in [0.15, 0.2) is 17.0 Å². The lowest BCUT2D eigenvalue weighted by Gasteiger charge is -2.22. The van der Waals surface area contributed by atoms with E-state index in [0.29, 0.717) is 24.7 Å². The summed E-state index contributed by atoms with van der Waals surface area (Å²) < 4.78 is 27.3. The highest BCUT2D eigenvalue weighted by Crippen LogP contribution is 2.30. The molecule has 1 aliphatic rings. The summed E-state index contributed by atoms with van der Waals surface area (Å²) in [6, 6.07) is 3.67. The number of anilines is 1. The Morgan fingerprint density at radius 1 is 1.19 bits per heavy atom. The molecule has 0 amide bonds. The molecule has 118 valence electrons. The van der Waals surface area contributed by atoms with E-state index in [9.17, 15) is 8.42 Å². The Labute approximate surface area is 127 Å². The molecular formula is C15H25N3O2S. The Hall–Kier alpha value is -1.11. The summed E-state index contributed by atoms with van der Waals surface area (Å²) >= 11 is 0. The zero-order valence-corrected chi connectivity index (χ0v) is 14.2. The number of aryl methyl sites for hydroxylation is 2.